The number of rotatable bonds is 5. The standard InChI is InChI=1S/C24H29N3O3/c28-24-25-20-8-4-5-9-21(20)27(24)19-10-12-26(13-11-19)22(23-17-29-14-15-30-23)16-18-6-2-1-3-7-18/h1-9,19,22-23H,10-17H2,(H,25,28). The summed E-state index contributed by atoms with van der Waals surface area (Å²) < 4.78 is 13.8. The van der Waals surface area contributed by atoms with Gasteiger partial charge in [-0.05, 0) is 37.0 Å². The number of hydrogen-bond donors (Lipinski definition) is 1. The van der Waals surface area contributed by atoms with Gasteiger partial charge < -0.3 is 14.5 Å². The van der Waals surface area contributed by atoms with Gasteiger partial charge in [0, 0.05) is 25.2 Å². The van der Waals surface area contributed by atoms with Crippen molar-refractivity contribution in [3.05, 3.63) is 70.6 Å². The third-order valence-electron chi connectivity index (χ3n) is 6.52. The van der Waals surface area contributed by atoms with Crippen LogP contribution < -0.4 is 5.69 Å². The SMILES string of the molecule is O=c1[nH]c2ccccc2n1C1CCN(C(Cc2ccccc2)C2COCCO2)CC1. The second-order valence-corrected chi connectivity index (χ2v) is 8.33. The highest BCUT2D eigenvalue weighted by atomic mass is 16.6. The molecule has 158 valence electrons. The average Bonchev–Trinajstić information content (AvgIpc) is 3.14. The number of fused-ring (bicyclic) bond motifs is 1. The lowest BCUT2D eigenvalue weighted by molar-refractivity contribution is -0.121. The number of para-hydroxylation sites is 2. The molecule has 0 amide bonds. The molecule has 1 N–H and O–H groups in total. The Kier molecular flexibility index (Phi) is 5.71. The van der Waals surface area contributed by atoms with Crippen LogP contribution in [-0.4, -0.2) is 59.5 Å². The normalized spacial score (nSPS) is 22.3. The molecule has 2 aliphatic rings. The Bertz CT molecular complexity index is 1010. The Balaban J connectivity index is 1.33. The second kappa shape index (κ2) is 8.76. The predicted molar refractivity (Wildman–Crippen MR) is 117 cm³/mol. The maximum Gasteiger partial charge on any atom is 0.326 e. The van der Waals surface area contributed by atoms with Gasteiger partial charge in [0.05, 0.1) is 37.0 Å². The first kappa shape index (κ1) is 19.5. The molecule has 0 spiro atoms. The fourth-order valence-corrected chi connectivity index (χ4v) is 4.99. The number of piperidine rings is 1. The number of hydrogen-bond acceptors (Lipinski definition) is 4. The van der Waals surface area contributed by atoms with Crippen LogP contribution in [-0.2, 0) is 15.9 Å². The van der Waals surface area contributed by atoms with Crippen LogP contribution in [0.2, 0.25) is 0 Å². The fourth-order valence-electron chi connectivity index (χ4n) is 4.99. The summed E-state index contributed by atoms with van der Waals surface area (Å²) in [4.78, 5) is 18.1. The summed E-state index contributed by atoms with van der Waals surface area (Å²) in [6.45, 7) is 3.90. The quantitative estimate of drug-likeness (QED) is 0.706. The van der Waals surface area contributed by atoms with Crippen LogP contribution in [0, 0.1) is 0 Å². The lowest BCUT2D eigenvalue weighted by atomic mass is 9.95. The van der Waals surface area contributed by atoms with Crippen molar-refractivity contribution < 1.29 is 9.47 Å². The second-order valence-electron chi connectivity index (χ2n) is 8.33. The number of benzene rings is 2. The van der Waals surface area contributed by atoms with Crippen LogP contribution >= 0.6 is 0 Å². The summed E-state index contributed by atoms with van der Waals surface area (Å²) in [5.74, 6) is 0. The van der Waals surface area contributed by atoms with E-state index in [-0.39, 0.29) is 23.9 Å². The van der Waals surface area contributed by atoms with Gasteiger partial charge in [-0.2, -0.15) is 0 Å². The molecule has 2 fully saturated rings. The van der Waals surface area contributed by atoms with Crippen molar-refractivity contribution >= 4 is 11.0 Å². The Labute approximate surface area is 176 Å². The molecule has 2 atom stereocenters. The first-order valence-electron chi connectivity index (χ1n) is 11.0. The van der Waals surface area contributed by atoms with Crippen LogP contribution in [0.4, 0.5) is 0 Å². The molecule has 30 heavy (non-hydrogen) atoms. The van der Waals surface area contributed by atoms with Crippen molar-refractivity contribution in [1.82, 2.24) is 14.5 Å². The van der Waals surface area contributed by atoms with Gasteiger partial charge in [-0.1, -0.05) is 42.5 Å². The zero-order valence-corrected chi connectivity index (χ0v) is 17.2. The van der Waals surface area contributed by atoms with Crippen molar-refractivity contribution in [2.45, 2.75) is 37.5 Å². The number of nitrogens with one attached hydrogen (secondary N) is 1. The molecule has 0 bridgehead atoms. The molecule has 2 aromatic carbocycles. The molecule has 0 saturated carbocycles. The number of likely N-dealkylation sites (tertiary alicyclic amines) is 1. The minimum atomic E-state index is -0.000464. The van der Waals surface area contributed by atoms with Crippen LogP contribution in [0.15, 0.2) is 59.4 Å². The molecule has 6 nitrogen and oxygen atoms in total. The largest absolute Gasteiger partial charge is 0.376 e. The topological polar surface area (TPSA) is 59.5 Å². The lowest BCUT2D eigenvalue weighted by Gasteiger charge is -2.42. The van der Waals surface area contributed by atoms with Crippen molar-refractivity contribution in [3.63, 3.8) is 0 Å². The number of H-pyrrole nitrogens is 1. The average molecular weight is 408 g/mol. The molecule has 1 aromatic heterocycles. The molecular formula is C24H29N3O3. The zero-order chi connectivity index (χ0) is 20.3. The van der Waals surface area contributed by atoms with Gasteiger partial charge in [0.25, 0.3) is 0 Å². The molecule has 6 heteroatoms. The molecule has 5 rings (SSSR count). The molecular weight excluding hydrogens is 378 g/mol. The Morgan fingerprint density at radius 2 is 1.77 bits per heavy atom. The van der Waals surface area contributed by atoms with E-state index in [9.17, 15) is 4.79 Å². The maximum absolute atomic E-state index is 12.6. The van der Waals surface area contributed by atoms with E-state index in [0.717, 1.165) is 43.4 Å². The first-order valence-corrected chi connectivity index (χ1v) is 11.0. The van der Waals surface area contributed by atoms with Gasteiger partial charge in [0.2, 0.25) is 0 Å². The molecule has 3 heterocycles. The Morgan fingerprint density at radius 3 is 2.53 bits per heavy atom. The highest BCUT2D eigenvalue weighted by Gasteiger charge is 2.34. The third-order valence-corrected chi connectivity index (χ3v) is 6.52. The number of ether oxygens (including phenoxy) is 2. The summed E-state index contributed by atoms with van der Waals surface area (Å²) in [5, 5.41) is 0. The van der Waals surface area contributed by atoms with E-state index in [2.05, 4.69) is 40.2 Å². The number of aromatic amines is 1. The molecule has 0 radical (unpaired) electrons. The molecule has 0 aliphatic carbocycles. The summed E-state index contributed by atoms with van der Waals surface area (Å²) in [7, 11) is 0. The highest BCUT2D eigenvalue weighted by molar-refractivity contribution is 5.75. The minimum absolute atomic E-state index is 0.000464. The van der Waals surface area contributed by atoms with Gasteiger partial charge in [0.15, 0.2) is 0 Å². The summed E-state index contributed by atoms with van der Waals surface area (Å²) in [6.07, 6.45) is 2.96. The fraction of sp³-hybridized carbons (Fsp3) is 0.458. The van der Waals surface area contributed by atoms with Gasteiger partial charge >= 0.3 is 5.69 Å². The van der Waals surface area contributed by atoms with Crippen LogP contribution in [0.5, 0.6) is 0 Å². The smallest absolute Gasteiger partial charge is 0.326 e. The molecule has 2 saturated heterocycles. The number of imidazole rings is 1. The van der Waals surface area contributed by atoms with E-state index in [0.29, 0.717) is 19.8 Å². The van der Waals surface area contributed by atoms with E-state index in [1.165, 1.54) is 5.56 Å². The first-order chi connectivity index (χ1) is 14.8. The Hall–Kier alpha value is -2.41. The van der Waals surface area contributed by atoms with Crippen LogP contribution in [0.1, 0.15) is 24.4 Å². The highest BCUT2D eigenvalue weighted by Crippen LogP contribution is 2.28. The van der Waals surface area contributed by atoms with Crippen LogP contribution in [0.25, 0.3) is 11.0 Å². The monoisotopic (exact) mass is 407 g/mol. The van der Waals surface area contributed by atoms with Gasteiger partial charge in [0.1, 0.15) is 0 Å². The minimum Gasteiger partial charge on any atom is -0.376 e. The summed E-state index contributed by atoms with van der Waals surface area (Å²) in [5.41, 5.74) is 3.25. The van der Waals surface area contributed by atoms with Gasteiger partial charge in [-0.3, -0.25) is 9.47 Å². The van der Waals surface area contributed by atoms with Crippen molar-refractivity contribution in [2.75, 3.05) is 32.9 Å². The van der Waals surface area contributed by atoms with Crippen LogP contribution in [0.3, 0.4) is 0 Å². The van der Waals surface area contributed by atoms with E-state index in [1.54, 1.807) is 0 Å². The van der Waals surface area contributed by atoms with Crippen molar-refractivity contribution in [3.8, 4) is 0 Å². The van der Waals surface area contributed by atoms with E-state index in [1.807, 2.05) is 28.8 Å². The Morgan fingerprint density at radius 1 is 1.00 bits per heavy atom. The van der Waals surface area contributed by atoms with E-state index < -0.39 is 0 Å². The predicted octanol–water partition coefficient (Wildman–Crippen LogP) is 2.99. The summed E-state index contributed by atoms with van der Waals surface area (Å²) >= 11 is 0. The summed E-state index contributed by atoms with van der Waals surface area (Å²) in [6, 6.07) is 19.1. The maximum atomic E-state index is 12.6. The number of aromatic nitrogens is 2. The van der Waals surface area contributed by atoms with Crippen molar-refractivity contribution in [1.29, 1.82) is 0 Å². The molecule has 2 unspecified atom stereocenters. The van der Waals surface area contributed by atoms with Gasteiger partial charge in [-0.25, -0.2) is 4.79 Å². The lowest BCUT2D eigenvalue weighted by Crippen LogP contribution is -2.52. The van der Waals surface area contributed by atoms with Crippen molar-refractivity contribution in [2.24, 2.45) is 0 Å². The van der Waals surface area contributed by atoms with E-state index >= 15 is 0 Å². The zero-order valence-electron chi connectivity index (χ0n) is 17.2. The molecule has 3 aromatic rings. The van der Waals surface area contributed by atoms with E-state index in [4.69, 9.17) is 9.47 Å². The third kappa shape index (κ3) is 3.95. The number of nitrogens with zero attached hydrogens (tertiary/aromatic N) is 2. The van der Waals surface area contributed by atoms with Gasteiger partial charge in [-0.15, -0.1) is 0 Å². The molecule has 2 aliphatic heterocycles.